The highest BCUT2D eigenvalue weighted by Crippen LogP contribution is 2.50. The van der Waals surface area contributed by atoms with Gasteiger partial charge in [-0.05, 0) is 127 Å². The summed E-state index contributed by atoms with van der Waals surface area (Å²) in [5.41, 5.74) is 6.60. The number of aromatic nitrogens is 2. The molecule has 21 heteroatoms. The number of ether oxygens (including phenoxy) is 3. The minimum absolute atomic E-state index is 0.103. The highest BCUT2D eigenvalue weighted by Gasteiger charge is 2.36. The van der Waals surface area contributed by atoms with Crippen LogP contribution in [0, 0.1) is 27.7 Å². The van der Waals surface area contributed by atoms with Gasteiger partial charge in [0.05, 0.1) is 16.7 Å². The van der Waals surface area contributed by atoms with Crippen LogP contribution >= 0.6 is 0 Å². The van der Waals surface area contributed by atoms with Crippen molar-refractivity contribution in [3.8, 4) is 45.9 Å². The van der Waals surface area contributed by atoms with Crippen LogP contribution < -0.4 is 24.0 Å². The standard InChI is InChI=1S/C26H28N3.C23H16O6.C22H16O12/c1-19-17-21(20(2)29(19)24-9-7-6-8-10-24)11-13-23-14-12-22-18-25(27(3)4)15-16-26(22)28(23)5;24-20-16(14-7-3-1-5-12(14)9-18(20)22(26)27)11-17-15-8-4-2-6-13(15)10-19(21(17)25)23(28)29;1-8-5-12(24)10(6-23)19-15(8)22(31)34-20-11(7-32-14(27)4-3-13(25)26)17(28)16(21(29)30)9(2)18(20)33-19/h6-18H,1-5H3;1-10,24-25H,11H2,(H,26,27)(H,28,29);3-6,24,28H,7H2,1-2H3,(H,25,26)(H,29,30)/q+1;;/p-1. The molecule has 0 bridgehead atoms. The Balaban J connectivity index is 0.000000164. The number of hydrogen-bond acceptors (Lipinski definition) is 15. The van der Waals surface area contributed by atoms with Gasteiger partial charge in [0, 0.05) is 90.2 Å². The normalized spacial score (nSPS) is 11.6. The molecule has 0 aliphatic carbocycles. The highest BCUT2D eigenvalue weighted by atomic mass is 16.6. The number of phenols is 3. The third-order valence-corrected chi connectivity index (χ3v) is 15.5. The molecule has 7 N–H and O–H groups in total. The van der Waals surface area contributed by atoms with Crippen LogP contribution in [0.3, 0.4) is 0 Å². The van der Waals surface area contributed by atoms with E-state index in [1.807, 2.05) is 0 Å². The molecule has 2 aromatic heterocycles. The summed E-state index contributed by atoms with van der Waals surface area (Å²) in [4.78, 5) is 83.9. The lowest BCUT2D eigenvalue weighted by Gasteiger charge is -2.21. The van der Waals surface area contributed by atoms with Crippen molar-refractivity contribution in [2.45, 2.75) is 40.7 Å². The van der Waals surface area contributed by atoms with E-state index in [-0.39, 0.29) is 57.4 Å². The van der Waals surface area contributed by atoms with Gasteiger partial charge in [-0.1, -0.05) is 72.5 Å². The van der Waals surface area contributed by atoms with Gasteiger partial charge in [0.15, 0.2) is 23.5 Å². The second-order valence-electron chi connectivity index (χ2n) is 21.5. The first-order chi connectivity index (χ1) is 43.8. The smallest absolute Gasteiger partial charge is 0.347 e. The number of hydrogen-bond donors (Lipinski definition) is 7. The molecule has 21 nitrogen and oxygen atoms in total. The van der Waals surface area contributed by atoms with Gasteiger partial charge >= 0.3 is 35.8 Å². The Morgan fingerprint density at radius 3 is 1.90 bits per heavy atom. The van der Waals surface area contributed by atoms with Crippen molar-refractivity contribution in [1.29, 1.82) is 0 Å². The van der Waals surface area contributed by atoms with Gasteiger partial charge in [-0.2, -0.15) is 4.57 Å². The molecule has 8 aromatic carbocycles. The summed E-state index contributed by atoms with van der Waals surface area (Å²) >= 11 is 0. The number of carboxylic acid groups (broad SMARTS) is 4. The maximum atomic E-state index is 12.9. The van der Waals surface area contributed by atoms with Crippen LogP contribution in [0.25, 0.3) is 50.3 Å². The van der Waals surface area contributed by atoms with E-state index >= 15 is 0 Å². The maximum Gasteiger partial charge on any atom is 0.347 e. The van der Waals surface area contributed by atoms with Crippen molar-refractivity contribution < 1.29 is 93.2 Å². The summed E-state index contributed by atoms with van der Waals surface area (Å²) in [6.45, 7) is 6.18. The van der Waals surface area contributed by atoms with E-state index in [2.05, 4.69) is 128 Å². The summed E-state index contributed by atoms with van der Waals surface area (Å²) in [5, 5.41) is 85.0. The lowest BCUT2D eigenvalue weighted by Crippen LogP contribution is -2.32. The van der Waals surface area contributed by atoms with Gasteiger partial charge in [0.1, 0.15) is 47.6 Å². The summed E-state index contributed by atoms with van der Waals surface area (Å²) in [5.74, 6) is -11.6. The molecule has 466 valence electrons. The first-order valence-corrected chi connectivity index (χ1v) is 28.2. The van der Waals surface area contributed by atoms with E-state index in [0.29, 0.717) is 33.7 Å². The molecule has 0 atom stereocenters. The number of aliphatic carboxylic acids is 1. The number of nitrogens with zero attached hydrogens (tertiary/aromatic N) is 3. The predicted molar refractivity (Wildman–Crippen MR) is 339 cm³/mol. The van der Waals surface area contributed by atoms with E-state index in [9.17, 15) is 69.3 Å². The topological polar surface area (TPSA) is 324 Å². The molecular formula is C71H59N3O18. The summed E-state index contributed by atoms with van der Waals surface area (Å²) in [7, 11) is 6.28. The fourth-order valence-electron chi connectivity index (χ4n) is 10.9. The van der Waals surface area contributed by atoms with E-state index in [1.54, 1.807) is 48.5 Å². The van der Waals surface area contributed by atoms with E-state index < -0.39 is 93.6 Å². The molecular weight excluding hydrogens is 1180 g/mol. The molecule has 0 saturated carbocycles. The molecule has 92 heavy (non-hydrogen) atoms. The minimum atomic E-state index is -1.60. The molecule has 0 unspecified atom stereocenters. The number of benzene rings is 8. The Morgan fingerprint density at radius 1 is 0.652 bits per heavy atom. The lowest BCUT2D eigenvalue weighted by atomic mass is 9.90. The third-order valence-electron chi connectivity index (χ3n) is 15.5. The van der Waals surface area contributed by atoms with Gasteiger partial charge < -0.3 is 64.5 Å². The fourth-order valence-corrected chi connectivity index (χ4v) is 10.9. The second kappa shape index (κ2) is 26.6. The quantitative estimate of drug-likeness (QED) is 0.0175. The minimum Gasteiger partial charge on any atom is -0.872 e. The molecule has 0 spiro atoms. The lowest BCUT2D eigenvalue weighted by molar-refractivity contribution is -0.646. The number of carboxylic acids is 4. The number of aromatic carboxylic acids is 3. The van der Waals surface area contributed by atoms with Crippen molar-refractivity contribution in [1.82, 2.24) is 4.57 Å². The van der Waals surface area contributed by atoms with Crippen molar-refractivity contribution in [3.63, 3.8) is 0 Å². The van der Waals surface area contributed by atoms with Crippen LogP contribution in [0.2, 0.25) is 0 Å². The van der Waals surface area contributed by atoms with Crippen molar-refractivity contribution >= 4 is 92.4 Å². The van der Waals surface area contributed by atoms with Crippen LogP contribution in [-0.2, 0) is 34.4 Å². The average molecular weight is 1240 g/mol. The third kappa shape index (κ3) is 12.9. The predicted octanol–water partition coefficient (Wildman–Crippen LogP) is 11.3. The first-order valence-electron chi connectivity index (χ1n) is 28.2. The molecule has 11 rings (SSSR count). The Morgan fingerprint density at radius 2 is 1.28 bits per heavy atom. The molecule has 0 saturated heterocycles. The number of anilines is 1. The average Bonchev–Trinajstić information content (AvgIpc) is 1.43. The fraction of sp³-hybridized carbons (Fsp3) is 0.127. The highest BCUT2D eigenvalue weighted by molar-refractivity contribution is 6.04. The van der Waals surface area contributed by atoms with Crippen molar-refractivity contribution in [2.24, 2.45) is 7.05 Å². The Labute approximate surface area is 524 Å². The summed E-state index contributed by atoms with van der Waals surface area (Å²) in [6.07, 6.45) is 5.63. The van der Waals surface area contributed by atoms with Crippen LogP contribution in [0.5, 0.6) is 40.2 Å². The van der Waals surface area contributed by atoms with Gasteiger partial charge in [-0.15, -0.1) is 0 Å². The second-order valence-corrected chi connectivity index (χ2v) is 21.5. The largest absolute Gasteiger partial charge is 0.872 e. The van der Waals surface area contributed by atoms with E-state index in [4.69, 9.17) is 19.3 Å². The van der Waals surface area contributed by atoms with Crippen molar-refractivity contribution in [3.05, 3.63) is 224 Å². The number of fused-ring (bicyclic) bond motifs is 5. The van der Waals surface area contributed by atoms with Crippen LogP contribution in [0.1, 0.15) is 102 Å². The van der Waals surface area contributed by atoms with Crippen molar-refractivity contribution in [2.75, 3.05) is 19.0 Å². The number of pyridine rings is 1. The van der Waals surface area contributed by atoms with Crippen LogP contribution in [-0.4, -0.2) is 96.5 Å². The van der Waals surface area contributed by atoms with Crippen LogP contribution in [0.15, 0.2) is 146 Å². The number of phenolic OH excluding ortho intramolecular Hbond substituents is 1. The SMILES string of the molecule is Cc1cc(C=Cc2ccc3cc(N(C)C)ccc3[n+]2C)c(C)n1-c1ccccc1.Cc1cc(O)c(C=O)c2c1C(=O)Oc1c(COC(=O)C=CC(=O)O)c(O)c(C(=O)O)c(C)c1O2.O=C(O)c1cc2ccccc2c(Cc2c(O)c(C(=O)O)cc3ccccc23)c1[O-]. The molecule has 0 amide bonds. The number of carbonyl (C=O) groups is 7. The number of para-hydroxylation sites is 1. The molecule has 0 radical (unpaired) electrons. The molecule has 1 aliphatic rings. The van der Waals surface area contributed by atoms with E-state index in [1.165, 1.54) is 70.9 Å². The summed E-state index contributed by atoms with van der Waals surface area (Å²) in [6, 6.07) is 41.4. The first kappa shape index (κ1) is 64.2. The number of aryl methyl sites for hydroxylation is 3. The van der Waals surface area contributed by atoms with Gasteiger partial charge in [0.25, 0.3) is 0 Å². The zero-order chi connectivity index (χ0) is 66.6. The zero-order valence-corrected chi connectivity index (χ0v) is 50.5. The molecule has 0 fully saturated rings. The number of esters is 2. The zero-order valence-electron chi connectivity index (χ0n) is 50.5. The monoisotopic (exact) mass is 1240 g/mol. The van der Waals surface area contributed by atoms with Gasteiger partial charge in [-0.25, -0.2) is 28.8 Å². The Kier molecular flexibility index (Phi) is 18.6. The molecule has 3 heterocycles. The number of rotatable bonds is 14. The van der Waals surface area contributed by atoms with Gasteiger partial charge in [0.2, 0.25) is 11.2 Å². The number of carbonyl (C=O) groups excluding carboxylic acids is 3. The Bertz CT molecular complexity index is 4670. The molecule has 10 aromatic rings. The van der Waals surface area contributed by atoms with Gasteiger partial charge in [-0.3, -0.25) is 4.79 Å². The number of aldehydes is 1. The Hall–Kier alpha value is -12.3. The number of aromatic hydroxyl groups is 3. The maximum absolute atomic E-state index is 12.9. The van der Waals surface area contributed by atoms with Crippen LogP contribution in [0.4, 0.5) is 5.69 Å². The van der Waals surface area contributed by atoms with E-state index in [0.717, 1.165) is 6.07 Å². The molecule has 1 aliphatic heterocycles. The summed E-state index contributed by atoms with van der Waals surface area (Å²) < 4.78 is 20.5.